The van der Waals surface area contributed by atoms with Crippen LogP contribution in [0.1, 0.15) is 32.3 Å². The van der Waals surface area contributed by atoms with Crippen molar-refractivity contribution in [1.29, 1.82) is 0 Å². The number of imidazole rings is 1. The molecule has 2 amide bonds. The molecule has 152 valence electrons. The molecule has 0 aliphatic carbocycles. The molecule has 0 saturated heterocycles. The van der Waals surface area contributed by atoms with Gasteiger partial charge in [0.2, 0.25) is 11.8 Å². The molecule has 0 aliphatic heterocycles. The van der Waals surface area contributed by atoms with E-state index in [-0.39, 0.29) is 30.3 Å². The van der Waals surface area contributed by atoms with Gasteiger partial charge in [0.25, 0.3) is 0 Å². The van der Waals surface area contributed by atoms with E-state index in [9.17, 15) is 14.4 Å². The lowest BCUT2D eigenvalue weighted by molar-refractivity contribution is -0.124. The average Bonchev–Trinajstić information content (AvgIpc) is 3.01. The van der Waals surface area contributed by atoms with Crippen LogP contribution >= 0.6 is 0 Å². The minimum Gasteiger partial charge on any atom is -0.352 e. The number of nitrogens with zero attached hydrogens (tertiary/aromatic N) is 4. The largest absolute Gasteiger partial charge is 0.352 e. The Hall–Kier alpha value is -3.49. The molecule has 9 nitrogen and oxygen atoms in total. The highest BCUT2D eigenvalue weighted by Crippen LogP contribution is 2.15. The summed E-state index contributed by atoms with van der Waals surface area (Å²) in [6.07, 6.45) is 3.45. The Labute approximate surface area is 167 Å². The first-order valence-corrected chi connectivity index (χ1v) is 9.59. The van der Waals surface area contributed by atoms with Crippen molar-refractivity contribution in [3.63, 3.8) is 0 Å². The minimum atomic E-state index is -0.311. The third kappa shape index (κ3) is 4.68. The van der Waals surface area contributed by atoms with Gasteiger partial charge in [-0.2, -0.15) is 0 Å². The molecule has 0 aliphatic rings. The van der Waals surface area contributed by atoms with Gasteiger partial charge in [-0.05, 0) is 37.6 Å². The lowest BCUT2D eigenvalue weighted by Crippen LogP contribution is -2.24. The maximum atomic E-state index is 12.4. The Balaban J connectivity index is 1.58. The van der Waals surface area contributed by atoms with Crippen LogP contribution in [0.3, 0.4) is 0 Å². The number of pyridine rings is 2. The van der Waals surface area contributed by atoms with Crippen molar-refractivity contribution in [3.05, 3.63) is 52.7 Å². The van der Waals surface area contributed by atoms with Crippen molar-refractivity contribution >= 4 is 28.8 Å². The van der Waals surface area contributed by atoms with E-state index in [2.05, 4.69) is 20.6 Å². The minimum absolute atomic E-state index is 0.0369. The molecule has 3 aromatic rings. The number of amides is 2. The first kappa shape index (κ1) is 20.2. The van der Waals surface area contributed by atoms with E-state index < -0.39 is 0 Å². The van der Waals surface area contributed by atoms with Gasteiger partial charge >= 0.3 is 5.69 Å². The lowest BCUT2D eigenvalue weighted by Gasteiger charge is -2.07. The predicted octanol–water partition coefficient (Wildman–Crippen LogP) is 1.67. The van der Waals surface area contributed by atoms with Gasteiger partial charge in [-0.25, -0.2) is 9.78 Å². The smallest absolute Gasteiger partial charge is 0.330 e. The highest BCUT2D eigenvalue weighted by Gasteiger charge is 2.14. The van der Waals surface area contributed by atoms with Crippen LogP contribution in [-0.4, -0.2) is 30.9 Å². The second-order valence-electron chi connectivity index (χ2n) is 6.50. The number of rotatable bonds is 8. The number of aryl methyl sites for hydroxylation is 2. The van der Waals surface area contributed by atoms with E-state index >= 15 is 0 Å². The third-order valence-electron chi connectivity index (χ3n) is 4.55. The van der Waals surface area contributed by atoms with Gasteiger partial charge in [0.15, 0.2) is 5.65 Å². The number of fused-ring (bicyclic) bond motifs is 1. The standard InChI is InChI=1S/C20H24N6O3/c1-3-25-15-7-8-16(24-19(15)26(4-2)20(25)29)23-18(28)10-9-17(27)22-13-14-6-5-11-21-12-14/h5-8,11-12H,3-4,9-10,13H2,1-2H3,(H,22,27)(H,23,24,28). The second kappa shape index (κ2) is 9.13. The van der Waals surface area contributed by atoms with Gasteiger partial charge in [-0.3, -0.25) is 23.7 Å². The number of hydrogen-bond donors (Lipinski definition) is 2. The number of nitrogens with one attached hydrogen (secondary N) is 2. The Morgan fingerprint density at radius 1 is 1.03 bits per heavy atom. The van der Waals surface area contributed by atoms with E-state index in [0.717, 1.165) is 11.1 Å². The normalized spacial score (nSPS) is 10.8. The Morgan fingerprint density at radius 2 is 1.79 bits per heavy atom. The topological polar surface area (TPSA) is 111 Å². The Bertz CT molecular complexity index is 1070. The van der Waals surface area contributed by atoms with Crippen molar-refractivity contribution in [1.82, 2.24) is 24.4 Å². The highest BCUT2D eigenvalue weighted by atomic mass is 16.2. The van der Waals surface area contributed by atoms with Gasteiger partial charge in [0.1, 0.15) is 5.82 Å². The molecular weight excluding hydrogens is 372 g/mol. The number of anilines is 1. The van der Waals surface area contributed by atoms with Crippen LogP contribution in [0.15, 0.2) is 41.5 Å². The first-order valence-electron chi connectivity index (χ1n) is 9.59. The molecule has 2 N–H and O–H groups in total. The van der Waals surface area contributed by atoms with Crippen LogP contribution in [0, 0.1) is 0 Å². The van der Waals surface area contributed by atoms with Crippen LogP contribution in [0.25, 0.3) is 11.2 Å². The summed E-state index contributed by atoms with van der Waals surface area (Å²) in [4.78, 5) is 44.9. The molecule has 9 heteroatoms. The fourth-order valence-electron chi connectivity index (χ4n) is 3.07. The first-order chi connectivity index (χ1) is 14.0. The summed E-state index contributed by atoms with van der Waals surface area (Å²) in [7, 11) is 0. The fourth-order valence-corrected chi connectivity index (χ4v) is 3.07. The predicted molar refractivity (Wildman–Crippen MR) is 109 cm³/mol. The zero-order valence-electron chi connectivity index (χ0n) is 16.5. The van der Waals surface area contributed by atoms with Crippen molar-refractivity contribution in [2.24, 2.45) is 0 Å². The third-order valence-corrected chi connectivity index (χ3v) is 4.55. The van der Waals surface area contributed by atoms with Gasteiger partial charge < -0.3 is 10.6 Å². The highest BCUT2D eigenvalue weighted by molar-refractivity contribution is 5.93. The number of carbonyl (C=O) groups is 2. The zero-order valence-corrected chi connectivity index (χ0v) is 16.5. The number of aromatic nitrogens is 4. The van der Waals surface area contributed by atoms with Crippen molar-refractivity contribution in [3.8, 4) is 0 Å². The molecular formula is C20H24N6O3. The summed E-state index contributed by atoms with van der Waals surface area (Å²) in [5, 5.41) is 5.45. The SMILES string of the molecule is CCn1c(=O)n(CC)c2nc(NC(=O)CCC(=O)NCc3cccnc3)ccc21. The van der Waals surface area contributed by atoms with Crippen molar-refractivity contribution in [2.45, 2.75) is 46.3 Å². The Kier molecular flexibility index (Phi) is 6.38. The average molecular weight is 396 g/mol. The molecule has 0 unspecified atom stereocenters. The van der Waals surface area contributed by atoms with Crippen LogP contribution in [0.4, 0.5) is 5.82 Å². The van der Waals surface area contributed by atoms with E-state index in [4.69, 9.17) is 0 Å². The van der Waals surface area contributed by atoms with Crippen LogP contribution < -0.4 is 16.3 Å². The molecule has 0 saturated carbocycles. The van der Waals surface area contributed by atoms with Crippen LogP contribution in [0.2, 0.25) is 0 Å². The molecule has 0 spiro atoms. The molecule has 3 heterocycles. The molecule has 3 rings (SSSR count). The summed E-state index contributed by atoms with van der Waals surface area (Å²) in [5.74, 6) is -0.172. The van der Waals surface area contributed by atoms with E-state index in [1.165, 1.54) is 0 Å². The summed E-state index contributed by atoms with van der Waals surface area (Å²) in [5.41, 5.74) is 2.04. The van der Waals surface area contributed by atoms with E-state index in [1.54, 1.807) is 39.7 Å². The molecule has 0 atom stereocenters. The molecule has 0 fully saturated rings. The van der Waals surface area contributed by atoms with Crippen LogP contribution in [0.5, 0.6) is 0 Å². The van der Waals surface area contributed by atoms with Crippen LogP contribution in [-0.2, 0) is 29.2 Å². The maximum Gasteiger partial charge on any atom is 0.330 e. The lowest BCUT2D eigenvalue weighted by atomic mass is 10.2. The van der Waals surface area contributed by atoms with Gasteiger partial charge in [0, 0.05) is 44.9 Å². The Morgan fingerprint density at radius 3 is 2.48 bits per heavy atom. The summed E-state index contributed by atoms with van der Waals surface area (Å²) < 4.78 is 3.21. The zero-order chi connectivity index (χ0) is 20.8. The second-order valence-corrected chi connectivity index (χ2v) is 6.50. The van der Waals surface area contributed by atoms with Crippen molar-refractivity contribution in [2.75, 3.05) is 5.32 Å². The molecule has 29 heavy (non-hydrogen) atoms. The maximum absolute atomic E-state index is 12.4. The van der Waals surface area contributed by atoms with E-state index in [1.807, 2.05) is 19.9 Å². The van der Waals surface area contributed by atoms with Crippen molar-refractivity contribution < 1.29 is 9.59 Å². The van der Waals surface area contributed by atoms with Gasteiger partial charge in [-0.15, -0.1) is 0 Å². The molecule has 0 aromatic carbocycles. The molecule has 3 aromatic heterocycles. The number of carbonyl (C=O) groups excluding carboxylic acids is 2. The fraction of sp³-hybridized carbons (Fsp3) is 0.350. The van der Waals surface area contributed by atoms with Gasteiger partial charge in [0.05, 0.1) is 5.52 Å². The summed E-state index contributed by atoms with van der Waals surface area (Å²) in [6.45, 7) is 5.18. The summed E-state index contributed by atoms with van der Waals surface area (Å²) >= 11 is 0. The number of hydrogen-bond acceptors (Lipinski definition) is 5. The monoisotopic (exact) mass is 396 g/mol. The molecule has 0 bridgehead atoms. The van der Waals surface area contributed by atoms with Gasteiger partial charge in [-0.1, -0.05) is 6.07 Å². The molecule has 0 radical (unpaired) electrons. The quantitative estimate of drug-likeness (QED) is 0.602. The summed E-state index contributed by atoms with van der Waals surface area (Å²) in [6, 6.07) is 7.10. The van der Waals surface area contributed by atoms with E-state index in [0.29, 0.717) is 31.1 Å².